The molecule has 2 N–H and O–H groups in total. The third kappa shape index (κ3) is 4.59. The molecular formula is C32H35N3O7. The van der Waals surface area contributed by atoms with Gasteiger partial charge in [0.05, 0.1) is 31.2 Å². The van der Waals surface area contributed by atoms with Gasteiger partial charge in [-0.2, -0.15) is 0 Å². The van der Waals surface area contributed by atoms with E-state index < -0.39 is 53.6 Å². The van der Waals surface area contributed by atoms with Crippen LogP contribution in [-0.4, -0.2) is 83.3 Å². The van der Waals surface area contributed by atoms with Crippen LogP contribution in [0.1, 0.15) is 26.7 Å². The number of anilines is 1. The van der Waals surface area contributed by atoms with Crippen LogP contribution in [0.5, 0.6) is 0 Å². The maximum atomic E-state index is 14.7. The molecule has 0 aromatic heterocycles. The second-order valence-corrected chi connectivity index (χ2v) is 11.5. The Hall–Kier alpha value is -4.02. The average molecular weight is 574 g/mol. The molecule has 1 spiro atoms. The number of likely N-dealkylation sites (tertiary alicyclic amines) is 1. The first-order valence-corrected chi connectivity index (χ1v) is 14.5. The quantitative estimate of drug-likeness (QED) is 0.426. The molecule has 42 heavy (non-hydrogen) atoms. The molecule has 2 aromatic rings. The number of nitrogens with zero attached hydrogens (tertiary/aromatic N) is 2. The lowest BCUT2D eigenvalue weighted by Gasteiger charge is -2.37. The van der Waals surface area contributed by atoms with Gasteiger partial charge in [-0.1, -0.05) is 54.6 Å². The van der Waals surface area contributed by atoms with Gasteiger partial charge in [0.15, 0.2) is 0 Å². The van der Waals surface area contributed by atoms with Gasteiger partial charge in [-0.05, 0) is 43.2 Å². The maximum absolute atomic E-state index is 14.7. The molecule has 4 heterocycles. The van der Waals surface area contributed by atoms with Crippen LogP contribution in [0.25, 0.3) is 10.8 Å². The van der Waals surface area contributed by atoms with E-state index in [4.69, 9.17) is 9.47 Å². The Balaban J connectivity index is 1.46. The molecule has 0 radical (unpaired) electrons. The number of rotatable bonds is 3. The predicted octanol–water partition coefficient (Wildman–Crippen LogP) is 2.10. The maximum Gasteiger partial charge on any atom is 0.313 e. The molecule has 7 atom stereocenters. The molecule has 6 rings (SSSR count). The largest absolute Gasteiger partial charge is 0.460 e. The second-order valence-electron chi connectivity index (χ2n) is 11.5. The molecule has 2 aromatic carbocycles. The van der Waals surface area contributed by atoms with Crippen molar-refractivity contribution in [2.75, 3.05) is 24.6 Å². The molecule has 4 aliphatic heterocycles. The van der Waals surface area contributed by atoms with Gasteiger partial charge in [-0.25, -0.2) is 0 Å². The zero-order chi connectivity index (χ0) is 29.6. The summed E-state index contributed by atoms with van der Waals surface area (Å²) in [6, 6.07) is 11.7. The van der Waals surface area contributed by atoms with Gasteiger partial charge < -0.3 is 29.7 Å². The molecule has 0 saturated carbocycles. The minimum Gasteiger partial charge on any atom is -0.460 e. The van der Waals surface area contributed by atoms with Crippen LogP contribution in [-0.2, 0) is 28.7 Å². The highest BCUT2D eigenvalue weighted by molar-refractivity contribution is 6.06. The van der Waals surface area contributed by atoms with Crippen molar-refractivity contribution in [1.29, 1.82) is 0 Å². The molecule has 10 heteroatoms. The lowest BCUT2D eigenvalue weighted by Crippen LogP contribution is -2.58. The lowest BCUT2D eigenvalue weighted by atomic mass is 9.74. The van der Waals surface area contributed by atoms with E-state index in [0.29, 0.717) is 12.1 Å². The van der Waals surface area contributed by atoms with Gasteiger partial charge in [0.25, 0.3) is 5.91 Å². The van der Waals surface area contributed by atoms with Crippen LogP contribution in [0.2, 0.25) is 0 Å². The summed E-state index contributed by atoms with van der Waals surface area (Å²) in [6.45, 7) is 3.30. The number of carbonyl (C=O) groups excluding carboxylic acids is 4. The Morgan fingerprint density at radius 2 is 1.86 bits per heavy atom. The molecule has 4 aliphatic rings. The number of aliphatic hydroxyl groups excluding tert-OH is 1. The van der Waals surface area contributed by atoms with E-state index in [1.165, 1.54) is 4.90 Å². The summed E-state index contributed by atoms with van der Waals surface area (Å²) in [5.41, 5.74) is -0.764. The highest BCUT2D eigenvalue weighted by atomic mass is 16.6. The minimum atomic E-state index is -1.39. The molecule has 220 valence electrons. The van der Waals surface area contributed by atoms with Crippen LogP contribution in [0.3, 0.4) is 0 Å². The summed E-state index contributed by atoms with van der Waals surface area (Å²) in [7, 11) is 0. The molecule has 3 amide bonds. The van der Waals surface area contributed by atoms with Gasteiger partial charge in [-0.3, -0.25) is 19.2 Å². The van der Waals surface area contributed by atoms with Crippen molar-refractivity contribution in [3.05, 3.63) is 66.8 Å². The Morgan fingerprint density at radius 1 is 1.07 bits per heavy atom. The standard InChI is InChI=1S/C32H35N3O7/c1-19(18-36)35-28-30(39)34(23-12-11-21-8-5-6-9-22(21)16-23)15-7-3-4-10-25(37)33-17-20(2)41-31(40)26-24-13-14-32(28,42-24)27(26)29(35)38/h3,5-9,11-14,16,19-20,24,26-28,36H,4,10,15,17-18H2,1-2H3,(H,33,37)/b7-3-/t19-,20+,24-,26+,27+,28-,32+/m1/s1. The van der Waals surface area contributed by atoms with E-state index in [1.54, 1.807) is 30.9 Å². The number of cyclic esters (lactones) is 1. The number of hydrogen-bond acceptors (Lipinski definition) is 7. The van der Waals surface area contributed by atoms with E-state index in [0.717, 1.165) is 10.8 Å². The Bertz CT molecular complexity index is 1490. The number of nitrogens with one attached hydrogen (secondary N) is 1. The Morgan fingerprint density at radius 3 is 2.64 bits per heavy atom. The Labute approximate surface area is 243 Å². The fourth-order valence-electron chi connectivity index (χ4n) is 6.71. The highest BCUT2D eigenvalue weighted by Gasteiger charge is 2.74. The number of allylic oxidation sites excluding steroid dienone is 1. The number of amides is 3. The number of carbonyl (C=O) groups is 4. The smallest absolute Gasteiger partial charge is 0.313 e. The summed E-state index contributed by atoms with van der Waals surface area (Å²) in [4.78, 5) is 57.7. The van der Waals surface area contributed by atoms with Crippen LogP contribution >= 0.6 is 0 Å². The van der Waals surface area contributed by atoms with Crippen LogP contribution in [0, 0.1) is 11.8 Å². The average Bonchev–Trinajstić information content (AvgIpc) is 3.64. The van der Waals surface area contributed by atoms with E-state index in [2.05, 4.69) is 5.32 Å². The predicted molar refractivity (Wildman–Crippen MR) is 154 cm³/mol. The zero-order valence-corrected chi connectivity index (χ0v) is 23.6. The van der Waals surface area contributed by atoms with E-state index in [9.17, 15) is 24.3 Å². The van der Waals surface area contributed by atoms with E-state index in [-0.39, 0.29) is 37.9 Å². The number of ether oxygens (including phenoxy) is 2. The fourth-order valence-corrected chi connectivity index (χ4v) is 6.71. The van der Waals surface area contributed by atoms with Gasteiger partial charge >= 0.3 is 5.97 Å². The van der Waals surface area contributed by atoms with Gasteiger partial charge in [-0.15, -0.1) is 0 Å². The third-order valence-electron chi connectivity index (χ3n) is 8.76. The van der Waals surface area contributed by atoms with Gasteiger partial charge in [0, 0.05) is 18.7 Å². The first-order chi connectivity index (χ1) is 20.2. The topological polar surface area (TPSA) is 125 Å². The molecule has 2 fully saturated rings. The monoisotopic (exact) mass is 573 g/mol. The summed E-state index contributed by atoms with van der Waals surface area (Å²) < 4.78 is 12.1. The lowest BCUT2D eigenvalue weighted by molar-refractivity contribution is -0.158. The zero-order valence-electron chi connectivity index (χ0n) is 23.6. The van der Waals surface area contributed by atoms with Crippen molar-refractivity contribution in [3.63, 3.8) is 0 Å². The summed E-state index contributed by atoms with van der Waals surface area (Å²) in [5.74, 6) is -3.57. The number of hydrogen-bond donors (Lipinski definition) is 2. The number of benzene rings is 2. The molecule has 10 nitrogen and oxygen atoms in total. The molecular weight excluding hydrogens is 538 g/mol. The molecule has 5 bridgehead atoms. The van der Waals surface area contributed by atoms with Gasteiger partial charge in [0.1, 0.15) is 23.7 Å². The van der Waals surface area contributed by atoms with Crippen LogP contribution in [0.4, 0.5) is 5.69 Å². The van der Waals surface area contributed by atoms with Crippen molar-refractivity contribution in [2.24, 2.45) is 11.8 Å². The van der Waals surface area contributed by atoms with Crippen molar-refractivity contribution in [1.82, 2.24) is 10.2 Å². The van der Waals surface area contributed by atoms with Crippen molar-refractivity contribution >= 4 is 40.2 Å². The Kier molecular flexibility index (Phi) is 7.36. The fraction of sp³-hybridized carbons (Fsp3) is 0.438. The number of fused-ring (bicyclic) bond motifs is 3. The summed E-state index contributed by atoms with van der Waals surface area (Å²) in [6.07, 6.45) is 6.49. The van der Waals surface area contributed by atoms with Crippen LogP contribution in [0.15, 0.2) is 66.8 Å². The molecule has 0 unspecified atom stereocenters. The normalized spacial score (nSPS) is 33.1. The van der Waals surface area contributed by atoms with Crippen LogP contribution < -0.4 is 10.2 Å². The molecule has 2 saturated heterocycles. The van der Waals surface area contributed by atoms with Crippen molar-refractivity contribution in [2.45, 2.75) is 56.6 Å². The van der Waals surface area contributed by atoms with E-state index >= 15 is 0 Å². The first-order valence-electron chi connectivity index (χ1n) is 14.5. The highest BCUT2D eigenvalue weighted by Crippen LogP contribution is 2.56. The van der Waals surface area contributed by atoms with E-state index in [1.807, 2.05) is 54.6 Å². The number of esters is 1. The summed E-state index contributed by atoms with van der Waals surface area (Å²) in [5, 5.41) is 14.9. The van der Waals surface area contributed by atoms with Crippen molar-refractivity contribution in [3.8, 4) is 0 Å². The van der Waals surface area contributed by atoms with Gasteiger partial charge in [0.2, 0.25) is 11.8 Å². The summed E-state index contributed by atoms with van der Waals surface area (Å²) >= 11 is 0. The molecule has 0 aliphatic carbocycles. The first kappa shape index (κ1) is 28.1. The SMILES string of the molecule is C[C@H](CO)N1C(=O)[C@@H]2[C@H]3C(=O)O[C@@H](C)CNC(=O)CC/C=C\CN(c4ccc5ccccc5c4)C(=O)[C@@H]1[C@]21C=C[C@H]3O1. The minimum absolute atomic E-state index is 0.136. The number of aliphatic hydroxyl groups is 1. The third-order valence-corrected chi connectivity index (χ3v) is 8.76. The second kappa shape index (κ2) is 11.0. The van der Waals surface area contributed by atoms with Crippen molar-refractivity contribution < 1.29 is 33.8 Å².